The minimum atomic E-state index is 0.110. The number of rotatable bonds is 2. The van der Waals surface area contributed by atoms with Crippen molar-refractivity contribution in [3.8, 4) is 0 Å². The van der Waals surface area contributed by atoms with E-state index in [2.05, 4.69) is 58.9 Å². The molecule has 0 heterocycles. The first-order valence-electron chi connectivity index (χ1n) is 5.68. The van der Waals surface area contributed by atoms with Gasteiger partial charge in [-0.2, -0.15) is 0 Å². The normalized spacial score (nSPS) is 14.3. The van der Waals surface area contributed by atoms with E-state index in [0.717, 1.165) is 0 Å². The fraction of sp³-hybridized carbons (Fsp3) is 0.571. The van der Waals surface area contributed by atoms with E-state index in [1.807, 2.05) is 0 Å². The van der Waals surface area contributed by atoms with E-state index in [0.29, 0.717) is 5.92 Å². The molecule has 1 aromatic carbocycles. The molecule has 0 aromatic heterocycles. The zero-order valence-corrected chi connectivity index (χ0v) is 10.5. The van der Waals surface area contributed by atoms with Crippen LogP contribution in [0.3, 0.4) is 0 Å². The van der Waals surface area contributed by atoms with Crippen LogP contribution in [0.1, 0.15) is 57.7 Å². The molecule has 1 rings (SSSR count). The average Bonchev–Trinajstić information content (AvgIpc) is 2.15. The van der Waals surface area contributed by atoms with E-state index in [1.165, 1.54) is 11.1 Å². The van der Waals surface area contributed by atoms with Crippen LogP contribution in [0.4, 0.5) is 0 Å². The molecule has 84 valence electrons. The maximum atomic E-state index is 6.20. The molecule has 0 fully saturated rings. The van der Waals surface area contributed by atoms with Crippen molar-refractivity contribution in [1.82, 2.24) is 0 Å². The van der Waals surface area contributed by atoms with E-state index in [1.54, 1.807) is 0 Å². The summed E-state index contributed by atoms with van der Waals surface area (Å²) in [6.45, 7) is 10.9. The molecule has 0 radical (unpaired) electrons. The third kappa shape index (κ3) is 3.07. The monoisotopic (exact) mass is 205 g/mol. The molecular formula is C14H23N. The van der Waals surface area contributed by atoms with E-state index >= 15 is 0 Å². The molecular weight excluding hydrogens is 182 g/mol. The SMILES string of the molecule is CC(C)c1ccc([C@H](N)C(C)(C)C)cc1. The Kier molecular flexibility index (Phi) is 3.56. The fourth-order valence-electron chi connectivity index (χ4n) is 1.59. The summed E-state index contributed by atoms with van der Waals surface area (Å²) in [5.41, 5.74) is 8.93. The van der Waals surface area contributed by atoms with Gasteiger partial charge in [0.1, 0.15) is 0 Å². The minimum Gasteiger partial charge on any atom is -0.324 e. The Labute approximate surface area is 93.7 Å². The van der Waals surface area contributed by atoms with Gasteiger partial charge < -0.3 is 5.73 Å². The molecule has 0 saturated carbocycles. The minimum absolute atomic E-state index is 0.110. The Morgan fingerprint density at radius 2 is 1.33 bits per heavy atom. The van der Waals surface area contributed by atoms with Crippen molar-refractivity contribution in [3.05, 3.63) is 35.4 Å². The Morgan fingerprint density at radius 3 is 1.67 bits per heavy atom. The molecule has 0 saturated heterocycles. The molecule has 0 aliphatic heterocycles. The summed E-state index contributed by atoms with van der Waals surface area (Å²) in [7, 11) is 0. The number of hydrogen-bond donors (Lipinski definition) is 1. The predicted molar refractivity (Wildman–Crippen MR) is 66.9 cm³/mol. The Balaban J connectivity index is 2.89. The second-order valence-corrected chi connectivity index (χ2v) is 5.67. The highest BCUT2D eigenvalue weighted by atomic mass is 14.7. The standard InChI is InChI=1S/C14H23N/c1-10(2)11-6-8-12(9-7-11)13(15)14(3,4)5/h6-10,13H,15H2,1-5H3/t13-/m0/s1. The van der Waals surface area contributed by atoms with Crippen molar-refractivity contribution in [3.63, 3.8) is 0 Å². The third-order valence-electron chi connectivity index (χ3n) is 2.90. The van der Waals surface area contributed by atoms with Gasteiger partial charge >= 0.3 is 0 Å². The predicted octanol–water partition coefficient (Wildman–Crippen LogP) is 3.86. The highest BCUT2D eigenvalue weighted by Gasteiger charge is 2.21. The van der Waals surface area contributed by atoms with Crippen molar-refractivity contribution < 1.29 is 0 Å². The molecule has 0 spiro atoms. The molecule has 0 amide bonds. The average molecular weight is 205 g/mol. The maximum Gasteiger partial charge on any atom is 0.0344 e. The molecule has 1 nitrogen and oxygen atoms in total. The number of hydrogen-bond acceptors (Lipinski definition) is 1. The van der Waals surface area contributed by atoms with E-state index < -0.39 is 0 Å². The molecule has 0 aliphatic rings. The van der Waals surface area contributed by atoms with E-state index in [-0.39, 0.29) is 11.5 Å². The Hall–Kier alpha value is -0.820. The largest absolute Gasteiger partial charge is 0.324 e. The topological polar surface area (TPSA) is 26.0 Å². The maximum absolute atomic E-state index is 6.20. The smallest absolute Gasteiger partial charge is 0.0344 e. The number of benzene rings is 1. The Bertz CT molecular complexity index is 303. The van der Waals surface area contributed by atoms with Crippen molar-refractivity contribution in [2.45, 2.75) is 46.6 Å². The zero-order valence-electron chi connectivity index (χ0n) is 10.5. The van der Waals surface area contributed by atoms with Gasteiger partial charge in [-0.05, 0) is 22.5 Å². The van der Waals surface area contributed by atoms with Crippen molar-refractivity contribution in [2.75, 3.05) is 0 Å². The molecule has 0 aliphatic carbocycles. The first kappa shape index (κ1) is 12.3. The summed E-state index contributed by atoms with van der Waals surface area (Å²) >= 11 is 0. The van der Waals surface area contributed by atoms with Crippen molar-refractivity contribution in [2.24, 2.45) is 11.1 Å². The van der Waals surface area contributed by atoms with Crippen LogP contribution in [0.5, 0.6) is 0 Å². The lowest BCUT2D eigenvalue weighted by Gasteiger charge is -2.27. The van der Waals surface area contributed by atoms with Gasteiger partial charge in [0.05, 0.1) is 0 Å². The third-order valence-corrected chi connectivity index (χ3v) is 2.90. The van der Waals surface area contributed by atoms with Crippen LogP contribution >= 0.6 is 0 Å². The highest BCUT2D eigenvalue weighted by Crippen LogP contribution is 2.30. The van der Waals surface area contributed by atoms with Crippen LogP contribution in [-0.2, 0) is 0 Å². The summed E-state index contributed by atoms with van der Waals surface area (Å²) in [6, 6.07) is 8.80. The van der Waals surface area contributed by atoms with Gasteiger partial charge in [-0.1, -0.05) is 58.9 Å². The molecule has 1 aromatic rings. The number of nitrogens with two attached hydrogens (primary N) is 1. The van der Waals surface area contributed by atoms with Crippen molar-refractivity contribution >= 4 is 0 Å². The van der Waals surface area contributed by atoms with Crippen LogP contribution in [0.2, 0.25) is 0 Å². The summed E-state index contributed by atoms with van der Waals surface area (Å²) < 4.78 is 0. The van der Waals surface area contributed by atoms with Crippen LogP contribution in [-0.4, -0.2) is 0 Å². The van der Waals surface area contributed by atoms with Gasteiger partial charge in [-0.3, -0.25) is 0 Å². The van der Waals surface area contributed by atoms with Crippen LogP contribution in [0, 0.1) is 5.41 Å². The van der Waals surface area contributed by atoms with Gasteiger partial charge in [-0.25, -0.2) is 0 Å². The van der Waals surface area contributed by atoms with E-state index in [9.17, 15) is 0 Å². The lowest BCUT2D eigenvalue weighted by Crippen LogP contribution is -2.26. The zero-order chi connectivity index (χ0) is 11.6. The molecule has 15 heavy (non-hydrogen) atoms. The van der Waals surface area contributed by atoms with Gasteiger partial charge in [0.25, 0.3) is 0 Å². The highest BCUT2D eigenvalue weighted by molar-refractivity contribution is 5.27. The molecule has 0 unspecified atom stereocenters. The second kappa shape index (κ2) is 4.36. The van der Waals surface area contributed by atoms with Crippen LogP contribution < -0.4 is 5.73 Å². The molecule has 1 heteroatoms. The quantitative estimate of drug-likeness (QED) is 0.779. The summed E-state index contributed by atoms with van der Waals surface area (Å²) in [5.74, 6) is 0.588. The van der Waals surface area contributed by atoms with Gasteiger partial charge in [0, 0.05) is 6.04 Å². The van der Waals surface area contributed by atoms with Gasteiger partial charge in [0.2, 0.25) is 0 Å². The Morgan fingerprint density at radius 1 is 0.933 bits per heavy atom. The summed E-state index contributed by atoms with van der Waals surface area (Å²) in [5, 5.41) is 0. The lowest BCUT2D eigenvalue weighted by molar-refractivity contribution is 0.327. The molecule has 2 N–H and O–H groups in total. The second-order valence-electron chi connectivity index (χ2n) is 5.67. The summed E-state index contributed by atoms with van der Waals surface area (Å²) in [4.78, 5) is 0. The molecule has 1 atom stereocenters. The first-order valence-corrected chi connectivity index (χ1v) is 5.68. The van der Waals surface area contributed by atoms with E-state index in [4.69, 9.17) is 5.73 Å². The summed E-state index contributed by atoms with van der Waals surface area (Å²) in [6.07, 6.45) is 0. The lowest BCUT2D eigenvalue weighted by atomic mass is 9.82. The van der Waals surface area contributed by atoms with Gasteiger partial charge in [-0.15, -0.1) is 0 Å². The first-order chi connectivity index (χ1) is 6.82. The molecule has 0 bridgehead atoms. The van der Waals surface area contributed by atoms with Gasteiger partial charge in [0.15, 0.2) is 0 Å². The fourth-order valence-corrected chi connectivity index (χ4v) is 1.59. The van der Waals surface area contributed by atoms with Crippen LogP contribution in [0.15, 0.2) is 24.3 Å². The van der Waals surface area contributed by atoms with Crippen molar-refractivity contribution in [1.29, 1.82) is 0 Å². The van der Waals surface area contributed by atoms with Crippen LogP contribution in [0.25, 0.3) is 0 Å².